The maximum atomic E-state index is 12.1. The number of rotatable bonds is 4. The Bertz CT molecular complexity index is 1200. The minimum absolute atomic E-state index is 0.150. The first-order chi connectivity index (χ1) is 22.2. The third kappa shape index (κ3) is 8.61. The van der Waals surface area contributed by atoms with Crippen LogP contribution in [0.1, 0.15) is 72.8 Å². The number of hydrogen-bond acceptors (Lipinski definition) is 8. The van der Waals surface area contributed by atoms with Crippen molar-refractivity contribution in [2.75, 3.05) is 78.5 Å². The largest absolute Gasteiger partial charge is 0.444 e. The van der Waals surface area contributed by atoms with Gasteiger partial charge in [0.25, 0.3) is 0 Å². The lowest BCUT2D eigenvalue weighted by Crippen LogP contribution is -2.74. The van der Waals surface area contributed by atoms with E-state index >= 15 is 0 Å². The first-order valence-corrected chi connectivity index (χ1v) is 18.1. The zero-order chi connectivity index (χ0) is 33.5. The molecule has 6 aliphatic heterocycles. The molecule has 262 valence electrons. The summed E-state index contributed by atoms with van der Waals surface area (Å²) < 4.78 is 10.9. The molecule has 10 heteroatoms. The molecule has 6 aliphatic rings. The van der Waals surface area contributed by atoms with E-state index in [4.69, 9.17) is 9.47 Å². The van der Waals surface area contributed by atoms with Gasteiger partial charge in [-0.05, 0) is 99.0 Å². The van der Waals surface area contributed by atoms with Gasteiger partial charge < -0.3 is 24.6 Å². The summed E-state index contributed by atoms with van der Waals surface area (Å²) in [6.07, 6.45) is 4.76. The Morgan fingerprint density at radius 3 is 1.53 bits per heavy atom. The first kappa shape index (κ1) is 34.5. The highest BCUT2D eigenvalue weighted by molar-refractivity contribution is 5.70. The minimum Gasteiger partial charge on any atom is -0.444 e. The predicted octanol–water partition coefficient (Wildman–Crippen LogP) is 4.49. The van der Waals surface area contributed by atoms with Crippen LogP contribution in [-0.4, -0.2) is 139 Å². The van der Waals surface area contributed by atoms with E-state index in [1.165, 1.54) is 44.3 Å². The summed E-state index contributed by atoms with van der Waals surface area (Å²) in [6.45, 7) is 25.4. The van der Waals surface area contributed by atoms with Crippen LogP contribution in [0.3, 0.4) is 0 Å². The smallest absolute Gasteiger partial charge is 0.410 e. The molecule has 0 radical (unpaired) electrons. The van der Waals surface area contributed by atoms with Crippen LogP contribution in [0.25, 0.3) is 0 Å². The summed E-state index contributed by atoms with van der Waals surface area (Å²) in [7, 11) is 0. The molecule has 1 aromatic carbocycles. The Labute approximate surface area is 283 Å². The van der Waals surface area contributed by atoms with Crippen molar-refractivity contribution >= 4 is 12.2 Å². The summed E-state index contributed by atoms with van der Waals surface area (Å²) in [5.41, 5.74) is 1.34. The molecule has 0 unspecified atom stereocenters. The van der Waals surface area contributed by atoms with Gasteiger partial charge in [0.1, 0.15) is 11.2 Å². The van der Waals surface area contributed by atoms with Crippen molar-refractivity contribution in [2.24, 2.45) is 10.8 Å². The van der Waals surface area contributed by atoms with Gasteiger partial charge in [0, 0.05) is 81.8 Å². The molecule has 1 aromatic rings. The van der Waals surface area contributed by atoms with Crippen LogP contribution in [0.4, 0.5) is 9.59 Å². The van der Waals surface area contributed by atoms with E-state index in [0.29, 0.717) is 10.8 Å². The standard InChI is InChI=1S/C22H33N3O2.C15H27N3O2/c1-21(2,3)27-20(26)25-16-22(17-25)14-24(15-22)19-9-11-23(12-10-19)13-18-7-5-4-6-8-18;1-14(2,3)20-13(19)18-10-15(11-18)8-17(9-15)12-4-6-16-7-5-12/h4-8,19H,9-17H2,1-3H3;12,16H,4-11H2,1-3H3. The highest BCUT2D eigenvalue weighted by atomic mass is 16.6. The van der Waals surface area contributed by atoms with Gasteiger partial charge in [-0.2, -0.15) is 0 Å². The monoisotopic (exact) mass is 652 g/mol. The van der Waals surface area contributed by atoms with E-state index in [0.717, 1.165) is 84.1 Å². The molecule has 0 aromatic heterocycles. The average molecular weight is 653 g/mol. The summed E-state index contributed by atoms with van der Waals surface area (Å²) in [6, 6.07) is 12.3. The molecule has 2 spiro atoms. The molecule has 6 heterocycles. The predicted molar refractivity (Wildman–Crippen MR) is 184 cm³/mol. The lowest BCUT2D eigenvalue weighted by Gasteiger charge is -2.62. The van der Waals surface area contributed by atoms with Gasteiger partial charge in [-0.15, -0.1) is 0 Å². The van der Waals surface area contributed by atoms with Gasteiger partial charge in [-0.25, -0.2) is 9.59 Å². The number of carbonyl (C=O) groups is 2. The van der Waals surface area contributed by atoms with Crippen molar-refractivity contribution in [3.8, 4) is 0 Å². The number of likely N-dealkylation sites (tertiary alicyclic amines) is 5. The molecule has 0 atom stereocenters. The van der Waals surface area contributed by atoms with Crippen LogP contribution in [0, 0.1) is 10.8 Å². The van der Waals surface area contributed by atoms with Crippen molar-refractivity contribution in [1.29, 1.82) is 0 Å². The fourth-order valence-corrected chi connectivity index (χ4v) is 8.44. The van der Waals surface area contributed by atoms with E-state index in [1.54, 1.807) is 0 Å². The molecular weight excluding hydrogens is 592 g/mol. The summed E-state index contributed by atoms with van der Waals surface area (Å²) >= 11 is 0. The maximum absolute atomic E-state index is 12.1. The Balaban J connectivity index is 0.000000172. The van der Waals surface area contributed by atoms with Crippen LogP contribution in [0.5, 0.6) is 0 Å². The fraction of sp³-hybridized carbons (Fsp3) is 0.784. The highest BCUT2D eigenvalue weighted by Crippen LogP contribution is 2.43. The summed E-state index contributed by atoms with van der Waals surface area (Å²) in [4.78, 5) is 35.6. The summed E-state index contributed by atoms with van der Waals surface area (Å²) in [5, 5.41) is 3.41. The molecule has 47 heavy (non-hydrogen) atoms. The first-order valence-electron chi connectivity index (χ1n) is 18.1. The Kier molecular flexibility index (Phi) is 9.89. The van der Waals surface area contributed by atoms with E-state index in [2.05, 4.69) is 50.3 Å². The number of benzene rings is 1. The van der Waals surface area contributed by atoms with Crippen molar-refractivity contribution in [3.05, 3.63) is 35.9 Å². The topological polar surface area (TPSA) is 80.8 Å². The van der Waals surface area contributed by atoms with Crippen LogP contribution in [0.15, 0.2) is 30.3 Å². The van der Waals surface area contributed by atoms with Crippen LogP contribution < -0.4 is 5.32 Å². The Morgan fingerprint density at radius 2 is 1.11 bits per heavy atom. The average Bonchev–Trinajstić information content (AvgIpc) is 2.90. The van der Waals surface area contributed by atoms with Crippen LogP contribution >= 0.6 is 0 Å². The quantitative estimate of drug-likeness (QED) is 0.510. The van der Waals surface area contributed by atoms with E-state index in [9.17, 15) is 9.59 Å². The second kappa shape index (κ2) is 13.5. The van der Waals surface area contributed by atoms with Crippen molar-refractivity contribution in [2.45, 2.75) is 97.1 Å². The maximum Gasteiger partial charge on any atom is 0.410 e. The van der Waals surface area contributed by atoms with Crippen molar-refractivity contribution in [1.82, 2.24) is 29.8 Å². The molecule has 10 nitrogen and oxygen atoms in total. The van der Waals surface area contributed by atoms with E-state index in [1.807, 2.05) is 51.3 Å². The highest BCUT2D eigenvalue weighted by Gasteiger charge is 2.56. The fourth-order valence-electron chi connectivity index (χ4n) is 8.44. The van der Waals surface area contributed by atoms with Gasteiger partial charge >= 0.3 is 12.2 Å². The molecule has 6 saturated heterocycles. The molecule has 0 bridgehead atoms. The second-order valence-electron chi connectivity index (χ2n) is 17.5. The lowest BCUT2D eigenvalue weighted by molar-refractivity contribution is -0.132. The molecular formula is C37H60N6O4. The van der Waals surface area contributed by atoms with Crippen LogP contribution in [0.2, 0.25) is 0 Å². The van der Waals surface area contributed by atoms with Crippen molar-refractivity contribution in [3.63, 3.8) is 0 Å². The van der Waals surface area contributed by atoms with Gasteiger partial charge in [0.05, 0.1) is 0 Å². The minimum atomic E-state index is -0.404. The lowest BCUT2D eigenvalue weighted by atomic mass is 9.72. The molecule has 1 N–H and O–H groups in total. The third-order valence-electron chi connectivity index (χ3n) is 10.7. The van der Waals surface area contributed by atoms with Crippen LogP contribution in [-0.2, 0) is 16.0 Å². The number of amides is 2. The van der Waals surface area contributed by atoms with Gasteiger partial charge in [0.2, 0.25) is 0 Å². The number of piperidine rings is 2. The molecule has 2 amide bonds. The molecule has 0 aliphatic carbocycles. The van der Waals surface area contributed by atoms with Gasteiger partial charge in [0.15, 0.2) is 0 Å². The Morgan fingerprint density at radius 1 is 0.681 bits per heavy atom. The zero-order valence-electron chi connectivity index (χ0n) is 29.9. The van der Waals surface area contributed by atoms with Gasteiger partial charge in [-0.1, -0.05) is 30.3 Å². The Hall–Kier alpha value is -2.40. The SMILES string of the molecule is CC(C)(C)OC(=O)N1CC2(C1)CN(C1CCN(Cc3ccccc3)CC1)C2.CC(C)(C)OC(=O)N1CC2(C1)CN(C1CCNCC1)C2. The number of nitrogens with zero attached hydrogens (tertiary/aromatic N) is 5. The molecule has 0 saturated carbocycles. The zero-order valence-corrected chi connectivity index (χ0v) is 29.9. The summed E-state index contributed by atoms with van der Waals surface area (Å²) in [5.74, 6) is 0. The normalized spacial score (nSPS) is 25.1. The van der Waals surface area contributed by atoms with E-state index in [-0.39, 0.29) is 17.8 Å². The van der Waals surface area contributed by atoms with E-state index < -0.39 is 5.60 Å². The number of nitrogens with one attached hydrogen (secondary N) is 1. The number of ether oxygens (including phenoxy) is 2. The third-order valence-corrected chi connectivity index (χ3v) is 10.7. The van der Waals surface area contributed by atoms with Crippen molar-refractivity contribution < 1.29 is 19.1 Å². The molecule has 7 rings (SSSR count). The second-order valence-corrected chi connectivity index (χ2v) is 17.5. The molecule has 6 fully saturated rings. The number of carbonyl (C=O) groups excluding carboxylic acids is 2. The number of hydrogen-bond donors (Lipinski definition) is 1. The van der Waals surface area contributed by atoms with Gasteiger partial charge in [-0.3, -0.25) is 14.7 Å².